The number of amides is 1. The Balaban J connectivity index is 0.00000242. The fraction of sp³-hybridized carbons (Fsp3) is 0.562. The first-order chi connectivity index (χ1) is 9.84. The molecule has 1 aromatic rings. The highest BCUT2D eigenvalue weighted by atomic mass is 35.5. The number of carbonyl (C=O) groups is 1. The minimum atomic E-state index is -0.805. The average molecular weight is 383 g/mol. The van der Waals surface area contributed by atoms with Gasteiger partial charge in [0.15, 0.2) is 0 Å². The second-order valence-electron chi connectivity index (χ2n) is 6.37. The van der Waals surface area contributed by atoms with Crippen molar-refractivity contribution in [3.05, 3.63) is 34.9 Å². The topological polar surface area (TPSA) is 58.4 Å². The molecule has 1 saturated heterocycles. The minimum Gasteiger partial charge on any atom is -0.352 e. The number of benzene rings is 1. The highest BCUT2D eigenvalue weighted by Gasteiger charge is 2.26. The molecule has 1 heterocycles. The summed E-state index contributed by atoms with van der Waals surface area (Å²) in [5.74, 6) is -0.0707. The normalized spacial score (nSPS) is 16.2. The maximum absolute atomic E-state index is 11.9. The molecule has 0 atom stereocenters. The molecule has 0 radical (unpaired) electrons. The Morgan fingerprint density at radius 3 is 2.26 bits per heavy atom. The summed E-state index contributed by atoms with van der Waals surface area (Å²) in [6, 6.07) is 8.21. The second kappa shape index (κ2) is 9.70. The molecule has 1 aromatic carbocycles. The predicted octanol–water partition coefficient (Wildman–Crippen LogP) is 3.00. The van der Waals surface area contributed by atoms with E-state index in [9.17, 15) is 4.79 Å². The van der Waals surface area contributed by atoms with Crippen molar-refractivity contribution in [2.24, 2.45) is 5.73 Å². The molecule has 1 amide bonds. The molecule has 2 rings (SSSR count). The molecule has 0 spiro atoms. The molecule has 3 N–H and O–H groups in total. The van der Waals surface area contributed by atoms with E-state index in [1.807, 2.05) is 12.1 Å². The zero-order chi connectivity index (χ0) is 15.5. The fourth-order valence-electron chi connectivity index (χ4n) is 2.45. The Morgan fingerprint density at radius 1 is 1.26 bits per heavy atom. The first-order valence-electron chi connectivity index (χ1n) is 7.41. The summed E-state index contributed by atoms with van der Waals surface area (Å²) >= 11 is 5.89. The van der Waals surface area contributed by atoms with Crippen LogP contribution in [0.15, 0.2) is 24.3 Å². The zero-order valence-electron chi connectivity index (χ0n) is 13.5. The van der Waals surface area contributed by atoms with Gasteiger partial charge in [-0.25, -0.2) is 0 Å². The van der Waals surface area contributed by atoms with E-state index in [4.69, 9.17) is 17.3 Å². The van der Waals surface area contributed by atoms with Gasteiger partial charge in [-0.3, -0.25) is 9.69 Å². The molecule has 0 aromatic heterocycles. The number of nitrogens with one attached hydrogen (secondary N) is 1. The molecule has 23 heavy (non-hydrogen) atoms. The lowest BCUT2D eigenvalue weighted by Gasteiger charge is -2.33. The Bertz CT molecular complexity index is 480. The Morgan fingerprint density at radius 2 is 1.78 bits per heavy atom. The van der Waals surface area contributed by atoms with E-state index < -0.39 is 5.54 Å². The van der Waals surface area contributed by atoms with Crippen LogP contribution in [0.25, 0.3) is 0 Å². The quantitative estimate of drug-likeness (QED) is 0.841. The van der Waals surface area contributed by atoms with Crippen molar-refractivity contribution in [3.63, 3.8) is 0 Å². The van der Waals surface area contributed by atoms with Gasteiger partial charge in [-0.2, -0.15) is 0 Å². The Hall–Kier alpha value is -0.520. The zero-order valence-corrected chi connectivity index (χ0v) is 15.9. The van der Waals surface area contributed by atoms with Crippen LogP contribution in [0.1, 0.15) is 32.3 Å². The minimum absolute atomic E-state index is 0. The van der Waals surface area contributed by atoms with Gasteiger partial charge < -0.3 is 11.1 Å². The van der Waals surface area contributed by atoms with E-state index in [1.165, 1.54) is 5.56 Å². The van der Waals surface area contributed by atoms with Gasteiger partial charge in [-0.15, -0.1) is 24.8 Å². The van der Waals surface area contributed by atoms with Crippen LogP contribution in [0.2, 0.25) is 5.02 Å². The number of piperidine rings is 1. The number of likely N-dealkylation sites (tertiary alicyclic amines) is 1. The predicted molar refractivity (Wildman–Crippen MR) is 101 cm³/mol. The van der Waals surface area contributed by atoms with E-state index in [2.05, 4.69) is 22.3 Å². The van der Waals surface area contributed by atoms with Gasteiger partial charge in [-0.1, -0.05) is 23.7 Å². The van der Waals surface area contributed by atoms with Crippen LogP contribution in [0.3, 0.4) is 0 Å². The summed E-state index contributed by atoms with van der Waals surface area (Å²) < 4.78 is 0. The number of carbonyl (C=O) groups excluding carboxylic acids is 1. The molecular formula is C16H26Cl3N3O. The van der Waals surface area contributed by atoms with Gasteiger partial charge in [0.25, 0.3) is 0 Å². The van der Waals surface area contributed by atoms with Gasteiger partial charge in [-0.05, 0) is 44.4 Å². The first-order valence-corrected chi connectivity index (χ1v) is 7.79. The van der Waals surface area contributed by atoms with Crippen LogP contribution in [0.5, 0.6) is 0 Å². The standard InChI is InChI=1S/C16H24ClN3O.2ClH/c1-16(2,18)15(21)19-14-7-9-20(10-8-14)11-12-3-5-13(17)6-4-12;;/h3-6,14H,7-11,18H2,1-2H3,(H,19,21);2*1H. The van der Waals surface area contributed by atoms with Crippen LogP contribution in [-0.2, 0) is 11.3 Å². The maximum Gasteiger partial charge on any atom is 0.239 e. The monoisotopic (exact) mass is 381 g/mol. The van der Waals surface area contributed by atoms with Crippen molar-refractivity contribution in [1.29, 1.82) is 0 Å². The third kappa shape index (κ3) is 7.27. The number of hydrogen-bond acceptors (Lipinski definition) is 3. The summed E-state index contributed by atoms with van der Waals surface area (Å²) in [4.78, 5) is 14.3. The second-order valence-corrected chi connectivity index (χ2v) is 6.81. The van der Waals surface area contributed by atoms with Crippen molar-refractivity contribution in [1.82, 2.24) is 10.2 Å². The van der Waals surface area contributed by atoms with Crippen LogP contribution < -0.4 is 11.1 Å². The van der Waals surface area contributed by atoms with Crippen molar-refractivity contribution < 1.29 is 4.79 Å². The lowest BCUT2D eigenvalue weighted by atomic mass is 10.0. The summed E-state index contributed by atoms with van der Waals surface area (Å²) in [5, 5.41) is 3.81. The Labute approximate surface area is 155 Å². The third-order valence-electron chi connectivity index (χ3n) is 3.83. The lowest BCUT2D eigenvalue weighted by molar-refractivity contribution is -0.126. The summed E-state index contributed by atoms with van der Waals surface area (Å²) in [5.41, 5.74) is 6.27. The van der Waals surface area contributed by atoms with E-state index in [0.29, 0.717) is 0 Å². The van der Waals surface area contributed by atoms with Crippen molar-refractivity contribution in [2.75, 3.05) is 13.1 Å². The van der Waals surface area contributed by atoms with E-state index in [1.54, 1.807) is 13.8 Å². The van der Waals surface area contributed by atoms with Gasteiger partial charge >= 0.3 is 0 Å². The van der Waals surface area contributed by atoms with E-state index >= 15 is 0 Å². The lowest BCUT2D eigenvalue weighted by Crippen LogP contribution is -2.54. The molecule has 1 aliphatic heterocycles. The van der Waals surface area contributed by atoms with Crippen LogP contribution in [0, 0.1) is 0 Å². The molecule has 1 fully saturated rings. The molecule has 4 nitrogen and oxygen atoms in total. The van der Waals surface area contributed by atoms with E-state index in [-0.39, 0.29) is 36.8 Å². The van der Waals surface area contributed by atoms with Gasteiger partial charge in [0.1, 0.15) is 0 Å². The molecule has 0 saturated carbocycles. The SMILES string of the molecule is CC(C)(N)C(=O)NC1CCN(Cc2ccc(Cl)cc2)CC1.Cl.Cl. The van der Waals surface area contributed by atoms with Gasteiger partial charge in [0.05, 0.1) is 5.54 Å². The van der Waals surface area contributed by atoms with E-state index in [0.717, 1.165) is 37.5 Å². The number of rotatable bonds is 4. The number of nitrogens with zero attached hydrogens (tertiary/aromatic N) is 1. The van der Waals surface area contributed by atoms with Crippen molar-refractivity contribution >= 4 is 42.3 Å². The summed E-state index contributed by atoms with van der Waals surface area (Å²) in [6.45, 7) is 6.37. The summed E-state index contributed by atoms with van der Waals surface area (Å²) in [7, 11) is 0. The smallest absolute Gasteiger partial charge is 0.239 e. The van der Waals surface area contributed by atoms with Crippen LogP contribution in [-0.4, -0.2) is 35.5 Å². The fourth-order valence-corrected chi connectivity index (χ4v) is 2.58. The molecular weight excluding hydrogens is 357 g/mol. The first kappa shape index (κ1) is 22.5. The van der Waals surface area contributed by atoms with Crippen molar-refractivity contribution in [3.8, 4) is 0 Å². The molecule has 0 aliphatic carbocycles. The third-order valence-corrected chi connectivity index (χ3v) is 4.08. The van der Waals surface area contributed by atoms with Gasteiger partial charge in [0.2, 0.25) is 5.91 Å². The van der Waals surface area contributed by atoms with Crippen LogP contribution in [0.4, 0.5) is 0 Å². The van der Waals surface area contributed by atoms with Crippen LogP contribution >= 0.6 is 36.4 Å². The number of hydrogen-bond donors (Lipinski definition) is 2. The number of halogens is 3. The van der Waals surface area contributed by atoms with Crippen molar-refractivity contribution in [2.45, 2.75) is 44.8 Å². The number of nitrogens with two attached hydrogens (primary N) is 1. The average Bonchev–Trinajstić information content (AvgIpc) is 2.42. The highest BCUT2D eigenvalue weighted by Crippen LogP contribution is 2.16. The molecule has 132 valence electrons. The summed E-state index contributed by atoms with van der Waals surface area (Å²) in [6.07, 6.45) is 1.94. The largest absolute Gasteiger partial charge is 0.352 e. The molecule has 0 bridgehead atoms. The highest BCUT2D eigenvalue weighted by molar-refractivity contribution is 6.30. The maximum atomic E-state index is 11.9. The van der Waals surface area contributed by atoms with Gasteiger partial charge in [0, 0.05) is 30.7 Å². The molecule has 1 aliphatic rings. The molecule has 7 heteroatoms. The molecule has 0 unspecified atom stereocenters. The Kier molecular flexibility index (Phi) is 9.48.